The van der Waals surface area contributed by atoms with Gasteiger partial charge in [-0.05, 0) is 66.3 Å². The Bertz CT molecular complexity index is 1240. The molecule has 1 aliphatic rings. The maximum atomic E-state index is 13.6. The summed E-state index contributed by atoms with van der Waals surface area (Å²) in [7, 11) is 0. The Kier molecular flexibility index (Phi) is 8.20. The molecule has 1 N–H and O–H groups in total. The highest BCUT2D eigenvalue weighted by Gasteiger charge is 2.23. The highest BCUT2D eigenvalue weighted by atomic mass is 32.2. The highest BCUT2D eigenvalue weighted by Crippen LogP contribution is 2.32. The minimum atomic E-state index is 0.0217. The fourth-order valence-electron chi connectivity index (χ4n) is 4.06. The molecule has 0 bridgehead atoms. The summed E-state index contributed by atoms with van der Waals surface area (Å²) in [6.07, 6.45) is 6.51. The lowest BCUT2D eigenvalue weighted by Gasteiger charge is -2.32. The summed E-state index contributed by atoms with van der Waals surface area (Å²) in [6.45, 7) is 9.36. The number of halogens is 1. The van der Waals surface area contributed by atoms with Crippen molar-refractivity contribution in [2.24, 2.45) is 4.99 Å². The molecule has 6 nitrogen and oxygen atoms in total. The highest BCUT2D eigenvalue weighted by molar-refractivity contribution is 7.94. The molecule has 0 saturated carbocycles. The number of aryl methyl sites for hydroxylation is 1. The van der Waals surface area contributed by atoms with Crippen LogP contribution in [-0.4, -0.2) is 45.4 Å². The van der Waals surface area contributed by atoms with Crippen LogP contribution in [0.2, 0.25) is 0 Å². The Hall–Kier alpha value is -3.17. The van der Waals surface area contributed by atoms with Crippen LogP contribution < -0.4 is 5.32 Å². The summed E-state index contributed by atoms with van der Waals surface area (Å²) in [5.74, 6) is 0.958. The van der Waals surface area contributed by atoms with E-state index < -0.39 is 0 Å². The first-order chi connectivity index (χ1) is 17.0. The average Bonchev–Trinajstić information content (AvgIpc) is 3.53. The number of rotatable bonds is 8. The maximum absolute atomic E-state index is 13.6. The lowest BCUT2D eigenvalue weighted by atomic mass is 10.0. The molecule has 3 heterocycles. The van der Waals surface area contributed by atoms with Crippen LogP contribution in [-0.2, 0) is 4.79 Å². The number of nitrogens with zero attached hydrogens (tertiary/aromatic N) is 4. The van der Waals surface area contributed by atoms with E-state index in [1.54, 1.807) is 22.1 Å². The first-order valence-electron chi connectivity index (χ1n) is 11.4. The Balaban J connectivity index is 1.40. The summed E-state index contributed by atoms with van der Waals surface area (Å²) in [5.41, 5.74) is 3.91. The number of piperidine rings is 1. The second-order valence-electron chi connectivity index (χ2n) is 8.41. The van der Waals surface area contributed by atoms with Crippen LogP contribution in [0.25, 0.3) is 11.9 Å². The molecule has 0 unspecified atom stereocenters. The normalized spacial score (nSPS) is 15.1. The monoisotopic (exact) mass is 509 g/mol. The van der Waals surface area contributed by atoms with Gasteiger partial charge in [0.1, 0.15) is 10.7 Å². The van der Waals surface area contributed by atoms with Crippen LogP contribution >= 0.6 is 23.5 Å². The van der Waals surface area contributed by atoms with Crippen molar-refractivity contribution >= 4 is 52.8 Å². The van der Waals surface area contributed by atoms with Crippen molar-refractivity contribution in [2.75, 3.05) is 13.1 Å². The van der Waals surface area contributed by atoms with E-state index in [0.29, 0.717) is 29.6 Å². The summed E-state index contributed by atoms with van der Waals surface area (Å²) in [5, 5.41) is 11.7. The second-order valence-corrected chi connectivity index (χ2v) is 9.79. The molecule has 1 aromatic carbocycles. The summed E-state index contributed by atoms with van der Waals surface area (Å²) < 4.78 is 15.2. The number of thiophene rings is 1. The number of aliphatic imine (C=N–C) groups is 1. The molecule has 0 atom stereocenters. The molecule has 1 saturated heterocycles. The predicted molar refractivity (Wildman–Crippen MR) is 144 cm³/mol. The summed E-state index contributed by atoms with van der Waals surface area (Å²) in [4.78, 5) is 19.4. The van der Waals surface area contributed by atoms with E-state index in [0.717, 1.165) is 35.2 Å². The van der Waals surface area contributed by atoms with E-state index >= 15 is 0 Å². The van der Waals surface area contributed by atoms with E-state index in [9.17, 15) is 8.68 Å². The lowest BCUT2D eigenvalue weighted by molar-refractivity contribution is -0.127. The van der Waals surface area contributed by atoms with Gasteiger partial charge in [0.2, 0.25) is 5.91 Å². The second kappa shape index (κ2) is 11.5. The molecular formula is C26H28FN5OS2. The number of hydrogen-bond acceptors (Lipinski definition) is 6. The number of nitrogens with one attached hydrogen (secondary N) is 1. The van der Waals surface area contributed by atoms with Crippen LogP contribution in [0.3, 0.4) is 0 Å². The van der Waals surface area contributed by atoms with E-state index in [-0.39, 0.29) is 24.1 Å². The van der Waals surface area contributed by atoms with Crippen LogP contribution in [0.15, 0.2) is 69.8 Å². The molecule has 0 radical (unpaired) electrons. The third-order valence-electron chi connectivity index (χ3n) is 6.00. The molecule has 2 aromatic heterocycles. The number of aromatic nitrogens is 2. The van der Waals surface area contributed by atoms with Crippen LogP contribution in [0.4, 0.5) is 9.70 Å². The van der Waals surface area contributed by atoms with Gasteiger partial charge in [0, 0.05) is 30.9 Å². The minimum absolute atomic E-state index is 0.0217. The maximum Gasteiger partial charge on any atom is 0.246 e. The predicted octanol–water partition coefficient (Wildman–Crippen LogP) is 6.09. The van der Waals surface area contributed by atoms with Gasteiger partial charge in [0.25, 0.3) is 0 Å². The first-order valence-corrected chi connectivity index (χ1v) is 13.0. The lowest BCUT2D eigenvalue weighted by Crippen LogP contribution is -2.44. The molecule has 4 rings (SSSR count). The number of amides is 1. The van der Waals surface area contributed by atoms with Crippen molar-refractivity contribution < 1.29 is 8.68 Å². The van der Waals surface area contributed by atoms with Gasteiger partial charge in [-0.3, -0.25) is 4.79 Å². The third-order valence-corrected chi connectivity index (χ3v) is 7.15. The van der Waals surface area contributed by atoms with Crippen molar-refractivity contribution in [3.63, 3.8) is 0 Å². The van der Waals surface area contributed by atoms with Gasteiger partial charge in [0.05, 0.1) is 18.3 Å². The zero-order valence-corrected chi connectivity index (χ0v) is 21.4. The first kappa shape index (κ1) is 24.9. The SMILES string of the molecule is C=C(NC1CCN(C(=O)/C=C/c2ccsc2)CC1)n1ncc(SF)c1/N=C(\C)c1ccccc1C. The zero-order chi connectivity index (χ0) is 24.8. The van der Waals surface area contributed by atoms with Gasteiger partial charge in [0.15, 0.2) is 5.82 Å². The Morgan fingerprint density at radius 3 is 2.77 bits per heavy atom. The van der Waals surface area contributed by atoms with Crippen LogP contribution in [0, 0.1) is 6.92 Å². The standard InChI is InChI=1S/C26H28FN5OS2/c1-18-6-4-5-7-23(18)19(2)29-26-24(35-27)16-28-32(26)20(3)30-22-10-13-31(14-11-22)25(33)9-8-21-12-15-34-17-21/h4-9,12,15-17,22,30H,3,10-11,13-14H2,1-2H3/b9-8+,29-19+. The summed E-state index contributed by atoms with van der Waals surface area (Å²) >= 11 is 1.73. The van der Waals surface area contributed by atoms with Crippen molar-refractivity contribution in [3.05, 3.63) is 76.6 Å². The van der Waals surface area contributed by atoms with Gasteiger partial charge in [-0.15, -0.1) is 0 Å². The smallest absolute Gasteiger partial charge is 0.246 e. The zero-order valence-electron chi connectivity index (χ0n) is 19.8. The van der Waals surface area contributed by atoms with E-state index in [4.69, 9.17) is 4.99 Å². The molecule has 1 aliphatic heterocycles. The van der Waals surface area contributed by atoms with E-state index in [1.807, 2.05) is 65.9 Å². The van der Waals surface area contributed by atoms with Crippen LogP contribution in [0.5, 0.6) is 0 Å². The fraction of sp³-hybridized carbons (Fsp3) is 0.269. The molecule has 1 amide bonds. The van der Waals surface area contributed by atoms with Crippen molar-refractivity contribution in [2.45, 2.75) is 37.6 Å². The molecule has 0 spiro atoms. The minimum Gasteiger partial charge on any atom is -0.368 e. The molecule has 35 heavy (non-hydrogen) atoms. The van der Waals surface area contributed by atoms with Crippen molar-refractivity contribution in [3.8, 4) is 0 Å². The Morgan fingerprint density at radius 1 is 1.31 bits per heavy atom. The largest absolute Gasteiger partial charge is 0.368 e. The number of likely N-dealkylation sites (tertiary alicyclic amines) is 1. The molecule has 0 aliphatic carbocycles. The fourth-order valence-corrected chi connectivity index (χ4v) is 4.98. The van der Waals surface area contributed by atoms with Gasteiger partial charge >= 0.3 is 0 Å². The third kappa shape index (κ3) is 6.10. The van der Waals surface area contributed by atoms with Crippen molar-refractivity contribution in [1.29, 1.82) is 0 Å². The van der Waals surface area contributed by atoms with E-state index in [2.05, 4.69) is 17.0 Å². The number of carbonyl (C=O) groups excluding carboxylic acids is 1. The molecular weight excluding hydrogens is 481 g/mol. The molecule has 182 valence electrons. The average molecular weight is 510 g/mol. The van der Waals surface area contributed by atoms with Gasteiger partial charge < -0.3 is 10.2 Å². The van der Waals surface area contributed by atoms with Crippen molar-refractivity contribution in [1.82, 2.24) is 20.0 Å². The van der Waals surface area contributed by atoms with Gasteiger partial charge in [-0.25, -0.2) is 4.99 Å². The van der Waals surface area contributed by atoms with Gasteiger partial charge in [-0.1, -0.05) is 30.8 Å². The number of hydrogen-bond donors (Lipinski definition) is 1. The molecule has 3 aromatic rings. The quantitative estimate of drug-likeness (QED) is 0.295. The van der Waals surface area contributed by atoms with Crippen LogP contribution in [0.1, 0.15) is 36.5 Å². The molecule has 9 heteroatoms. The Morgan fingerprint density at radius 2 is 2.09 bits per heavy atom. The number of carbonyl (C=O) groups is 1. The van der Waals surface area contributed by atoms with E-state index in [1.165, 1.54) is 6.20 Å². The van der Waals surface area contributed by atoms with Gasteiger partial charge in [-0.2, -0.15) is 25.0 Å². The topological polar surface area (TPSA) is 62.5 Å². The summed E-state index contributed by atoms with van der Waals surface area (Å²) in [6, 6.07) is 10.1. The number of benzene rings is 1. The molecule has 1 fully saturated rings. The Labute approximate surface area is 213 Å².